The molecule has 12 heteroatoms. The molecular formula is C16H20BrN7O4. The lowest BCUT2D eigenvalue weighted by Crippen LogP contribution is -2.51. The van der Waals surface area contributed by atoms with Crippen LogP contribution < -0.4 is 22.3 Å². The lowest BCUT2D eigenvalue weighted by atomic mass is 10.1. The van der Waals surface area contributed by atoms with Gasteiger partial charge in [0, 0.05) is 19.2 Å². The molecule has 11 nitrogen and oxygen atoms in total. The number of nitrogens with one attached hydrogen (secondary N) is 4. The molecule has 6 N–H and O–H groups in total. The first kappa shape index (κ1) is 20.0. The van der Waals surface area contributed by atoms with Crippen LogP contribution in [0.3, 0.4) is 0 Å². The van der Waals surface area contributed by atoms with Crippen LogP contribution in [0.1, 0.15) is 24.2 Å². The van der Waals surface area contributed by atoms with Crippen molar-refractivity contribution < 1.29 is 9.59 Å². The summed E-state index contributed by atoms with van der Waals surface area (Å²) in [7, 11) is 0. The molecule has 0 saturated carbocycles. The van der Waals surface area contributed by atoms with Gasteiger partial charge < -0.3 is 25.9 Å². The van der Waals surface area contributed by atoms with E-state index in [1.54, 1.807) is 6.20 Å². The Morgan fingerprint density at radius 2 is 2.18 bits per heavy atom. The third-order valence-electron chi connectivity index (χ3n) is 4.53. The molecule has 28 heavy (non-hydrogen) atoms. The zero-order chi connectivity index (χ0) is 20.3. The molecule has 2 amide bonds. The van der Waals surface area contributed by atoms with Crippen LogP contribution in [0.25, 0.3) is 0 Å². The molecule has 0 unspecified atom stereocenters. The summed E-state index contributed by atoms with van der Waals surface area (Å²) in [4.78, 5) is 61.1. The quantitative estimate of drug-likeness (QED) is 0.364. The molecule has 2 aromatic heterocycles. The van der Waals surface area contributed by atoms with E-state index in [0.717, 1.165) is 0 Å². The summed E-state index contributed by atoms with van der Waals surface area (Å²) >= 11 is 3.08. The van der Waals surface area contributed by atoms with E-state index < -0.39 is 23.3 Å². The van der Waals surface area contributed by atoms with Crippen LogP contribution in [0, 0.1) is 0 Å². The van der Waals surface area contributed by atoms with Crippen molar-refractivity contribution in [1.29, 1.82) is 0 Å². The van der Waals surface area contributed by atoms with Crippen molar-refractivity contribution in [2.45, 2.75) is 37.9 Å². The van der Waals surface area contributed by atoms with Crippen molar-refractivity contribution >= 4 is 27.7 Å². The molecular weight excluding hydrogens is 434 g/mol. The molecule has 1 fully saturated rings. The Kier molecular flexibility index (Phi) is 6.09. The molecule has 3 rings (SSSR count). The second-order valence-corrected chi connectivity index (χ2v) is 7.27. The Morgan fingerprint density at radius 3 is 2.89 bits per heavy atom. The van der Waals surface area contributed by atoms with Crippen LogP contribution in [0.15, 0.2) is 26.6 Å². The maximum Gasteiger partial charge on any atom is 0.326 e. The summed E-state index contributed by atoms with van der Waals surface area (Å²) < 4.78 is 0.132. The third kappa shape index (κ3) is 4.39. The van der Waals surface area contributed by atoms with Gasteiger partial charge in [-0.1, -0.05) is 0 Å². The molecule has 0 radical (unpaired) electrons. The van der Waals surface area contributed by atoms with Crippen LogP contribution in [-0.4, -0.2) is 55.3 Å². The number of H-pyrrole nitrogens is 3. The first-order chi connectivity index (χ1) is 13.4. The highest BCUT2D eigenvalue weighted by atomic mass is 79.9. The van der Waals surface area contributed by atoms with Gasteiger partial charge in [-0.25, -0.2) is 9.78 Å². The lowest BCUT2D eigenvalue weighted by Gasteiger charge is -2.26. The molecule has 3 heterocycles. The Bertz CT molecular complexity index is 968. The van der Waals surface area contributed by atoms with Crippen molar-refractivity contribution in [3.8, 4) is 0 Å². The van der Waals surface area contributed by atoms with E-state index in [2.05, 4.69) is 41.2 Å². The molecule has 0 spiro atoms. The SMILES string of the molecule is N[C@@H](Cc1c[nH]cn1)C(=O)N1CCC[C@H]1C(=O)NCc1[nH]c(=O)[nH]c(=O)c1Br. The fourth-order valence-corrected chi connectivity index (χ4v) is 3.50. The number of nitrogens with two attached hydrogens (primary N) is 1. The van der Waals surface area contributed by atoms with Crippen molar-refractivity contribution in [3.05, 3.63) is 49.2 Å². The van der Waals surface area contributed by atoms with Crippen molar-refractivity contribution in [2.75, 3.05) is 6.54 Å². The van der Waals surface area contributed by atoms with Gasteiger partial charge in [0.25, 0.3) is 5.56 Å². The molecule has 1 aliphatic heterocycles. The number of halogens is 1. The van der Waals surface area contributed by atoms with Crippen LogP contribution in [0.5, 0.6) is 0 Å². The molecule has 0 aliphatic carbocycles. The van der Waals surface area contributed by atoms with E-state index in [4.69, 9.17) is 5.73 Å². The first-order valence-corrected chi connectivity index (χ1v) is 9.48. The van der Waals surface area contributed by atoms with Gasteiger partial charge >= 0.3 is 5.69 Å². The molecule has 0 aromatic carbocycles. The number of imidazole rings is 1. The highest BCUT2D eigenvalue weighted by Gasteiger charge is 2.36. The molecule has 2 atom stereocenters. The van der Waals surface area contributed by atoms with Gasteiger partial charge in [-0.2, -0.15) is 0 Å². The Labute approximate surface area is 167 Å². The first-order valence-electron chi connectivity index (χ1n) is 8.69. The van der Waals surface area contributed by atoms with Crippen LogP contribution in [-0.2, 0) is 22.6 Å². The Balaban J connectivity index is 1.63. The van der Waals surface area contributed by atoms with Gasteiger partial charge in [-0.05, 0) is 28.8 Å². The van der Waals surface area contributed by atoms with E-state index in [-0.39, 0.29) is 34.9 Å². The maximum atomic E-state index is 12.7. The fourth-order valence-electron chi connectivity index (χ4n) is 3.16. The van der Waals surface area contributed by atoms with Gasteiger partial charge in [0.05, 0.1) is 30.3 Å². The normalized spacial score (nSPS) is 17.5. The molecule has 2 aromatic rings. The van der Waals surface area contributed by atoms with Crippen molar-refractivity contribution in [1.82, 2.24) is 30.2 Å². The predicted molar refractivity (Wildman–Crippen MR) is 102 cm³/mol. The van der Waals surface area contributed by atoms with Gasteiger partial charge in [0.1, 0.15) is 10.5 Å². The summed E-state index contributed by atoms with van der Waals surface area (Å²) in [5.74, 6) is -0.683. The standard InChI is InChI=1S/C16H20BrN7O4/c17-12-10(22-16(28)23-14(12)26)6-20-13(25)11-2-1-3-24(11)15(27)9(18)4-8-5-19-7-21-8/h5,7,9,11H,1-4,6,18H2,(H,19,21)(H,20,25)(H2,22,23,26,28)/t9-,11-/m0/s1. The zero-order valence-corrected chi connectivity index (χ0v) is 16.4. The predicted octanol–water partition coefficient (Wildman–Crippen LogP) is -1.27. The van der Waals surface area contributed by atoms with E-state index >= 15 is 0 Å². The Hall–Kier alpha value is -2.73. The second kappa shape index (κ2) is 8.52. The van der Waals surface area contributed by atoms with Gasteiger partial charge in [-0.3, -0.25) is 19.4 Å². The summed E-state index contributed by atoms with van der Waals surface area (Å²) in [6, 6.07) is -1.44. The molecule has 0 bridgehead atoms. The summed E-state index contributed by atoms with van der Waals surface area (Å²) in [6.07, 6.45) is 4.65. The molecule has 150 valence electrons. The van der Waals surface area contributed by atoms with Crippen molar-refractivity contribution in [3.63, 3.8) is 0 Å². The second-order valence-electron chi connectivity index (χ2n) is 6.48. The number of nitrogens with zero attached hydrogens (tertiary/aromatic N) is 2. The number of aromatic amines is 3. The summed E-state index contributed by atoms with van der Waals surface area (Å²) in [5.41, 5.74) is 5.67. The minimum Gasteiger partial charge on any atom is -0.351 e. The Morgan fingerprint density at radius 1 is 1.39 bits per heavy atom. The average molecular weight is 454 g/mol. The molecule has 1 aliphatic rings. The van der Waals surface area contributed by atoms with E-state index in [1.165, 1.54) is 11.2 Å². The fraction of sp³-hybridized carbons (Fsp3) is 0.438. The molecule has 1 saturated heterocycles. The topological polar surface area (TPSA) is 170 Å². The van der Waals surface area contributed by atoms with Crippen LogP contribution in [0.4, 0.5) is 0 Å². The zero-order valence-electron chi connectivity index (χ0n) is 14.8. The number of likely N-dealkylation sites (tertiary alicyclic amines) is 1. The van der Waals surface area contributed by atoms with Gasteiger partial charge in [-0.15, -0.1) is 0 Å². The van der Waals surface area contributed by atoms with Gasteiger partial charge in [0.15, 0.2) is 0 Å². The summed E-state index contributed by atoms with van der Waals surface area (Å²) in [5, 5.41) is 2.66. The number of carbonyl (C=O) groups is 2. The van der Waals surface area contributed by atoms with Crippen molar-refractivity contribution in [2.24, 2.45) is 5.73 Å². The number of carbonyl (C=O) groups excluding carboxylic acids is 2. The summed E-state index contributed by atoms with van der Waals surface area (Å²) in [6.45, 7) is 0.382. The average Bonchev–Trinajstić information content (AvgIpc) is 3.34. The number of rotatable bonds is 6. The number of hydrogen-bond donors (Lipinski definition) is 5. The maximum absolute atomic E-state index is 12.7. The number of amides is 2. The third-order valence-corrected chi connectivity index (χ3v) is 5.37. The largest absolute Gasteiger partial charge is 0.351 e. The van der Waals surface area contributed by atoms with Crippen LogP contribution >= 0.6 is 15.9 Å². The van der Waals surface area contributed by atoms with Gasteiger partial charge in [0.2, 0.25) is 11.8 Å². The highest BCUT2D eigenvalue weighted by molar-refractivity contribution is 9.10. The number of aromatic nitrogens is 4. The van der Waals surface area contributed by atoms with Crippen LogP contribution in [0.2, 0.25) is 0 Å². The smallest absolute Gasteiger partial charge is 0.326 e. The monoisotopic (exact) mass is 453 g/mol. The minimum absolute atomic E-state index is 0.0591. The van der Waals surface area contributed by atoms with E-state index in [1.807, 2.05) is 0 Å². The number of hydrogen-bond acceptors (Lipinski definition) is 6. The minimum atomic E-state index is -0.796. The lowest BCUT2D eigenvalue weighted by molar-refractivity contribution is -0.139. The van der Waals surface area contributed by atoms with E-state index in [0.29, 0.717) is 25.1 Å². The highest BCUT2D eigenvalue weighted by Crippen LogP contribution is 2.19. The van der Waals surface area contributed by atoms with E-state index in [9.17, 15) is 19.2 Å².